The molecule has 27 heavy (non-hydrogen) atoms. The molecule has 154 valence electrons. The molecule has 1 N–H and O–H groups in total. The first-order valence-electron chi connectivity index (χ1n) is 10.4. The van der Waals surface area contributed by atoms with Gasteiger partial charge in [-0.15, -0.1) is 0 Å². The van der Waals surface area contributed by atoms with Gasteiger partial charge in [-0.1, -0.05) is 25.5 Å². The minimum absolute atomic E-state index is 0.00247. The van der Waals surface area contributed by atoms with E-state index in [9.17, 15) is 9.90 Å². The van der Waals surface area contributed by atoms with Crippen LogP contribution in [0.1, 0.15) is 66.2 Å². The van der Waals surface area contributed by atoms with Crippen LogP contribution in [-0.2, 0) is 14.2 Å². The van der Waals surface area contributed by atoms with Crippen LogP contribution in [0.2, 0.25) is 0 Å². The first-order valence-corrected chi connectivity index (χ1v) is 10.4. The number of rotatable bonds is 2. The molecule has 3 aliphatic rings. The second-order valence-corrected chi connectivity index (χ2v) is 9.45. The molecule has 5 heteroatoms. The molecule has 1 heterocycles. The summed E-state index contributed by atoms with van der Waals surface area (Å²) in [4.78, 5) is 11.7. The van der Waals surface area contributed by atoms with Crippen LogP contribution in [-0.4, -0.2) is 42.8 Å². The van der Waals surface area contributed by atoms with E-state index in [-0.39, 0.29) is 29.0 Å². The Kier molecular flexibility index (Phi) is 5.93. The molecule has 1 saturated carbocycles. The molecule has 0 spiro atoms. The molecule has 0 aromatic rings. The van der Waals surface area contributed by atoms with Crippen LogP contribution in [0.4, 0.5) is 4.79 Å². The number of aliphatic hydroxyl groups is 1. The van der Waals surface area contributed by atoms with Crippen molar-refractivity contribution in [3.05, 3.63) is 11.6 Å². The molecule has 0 aromatic heterocycles. The number of epoxide rings is 1. The van der Waals surface area contributed by atoms with E-state index >= 15 is 0 Å². The number of hydrogen-bond acceptors (Lipinski definition) is 5. The van der Waals surface area contributed by atoms with Crippen LogP contribution >= 0.6 is 0 Å². The lowest BCUT2D eigenvalue weighted by Crippen LogP contribution is -2.50. The molecule has 1 saturated heterocycles. The predicted molar refractivity (Wildman–Crippen MR) is 103 cm³/mol. The largest absolute Gasteiger partial charge is 0.507 e. The number of allylic oxidation sites excluding steroid dienone is 2. The molecule has 0 amide bonds. The Hall–Kier alpha value is -1.07. The number of aliphatic hydroxyl groups excluding tert-OH is 1. The van der Waals surface area contributed by atoms with Crippen LogP contribution in [0.3, 0.4) is 0 Å². The average Bonchev–Trinajstić information content (AvgIpc) is 3.31. The van der Waals surface area contributed by atoms with E-state index in [0.717, 1.165) is 38.5 Å². The van der Waals surface area contributed by atoms with Crippen molar-refractivity contribution in [3.8, 4) is 0 Å². The van der Waals surface area contributed by atoms with Crippen molar-refractivity contribution >= 4 is 6.16 Å². The fourth-order valence-electron chi connectivity index (χ4n) is 5.49. The summed E-state index contributed by atoms with van der Waals surface area (Å²) in [6.45, 7) is 9.23. The molecule has 0 unspecified atom stereocenters. The van der Waals surface area contributed by atoms with Crippen molar-refractivity contribution in [1.82, 2.24) is 0 Å². The normalized spacial score (nSPS) is 46.7. The summed E-state index contributed by atoms with van der Waals surface area (Å²) in [7, 11) is 1.33. The highest BCUT2D eigenvalue weighted by molar-refractivity contribution is 5.59. The Bertz CT molecular complexity index is 587. The van der Waals surface area contributed by atoms with Crippen molar-refractivity contribution in [2.75, 3.05) is 13.7 Å². The second kappa shape index (κ2) is 7.75. The van der Waals surface area contributed by atoms with E-state index in [1.54, 1.807) is 0 Å². The van der Waals surface area contributed by atoms with Gasteiger partial charge in [0.25, 0.3) is 0 Å². The summed E-state index contributed by atoms with van der Waals surface area (Å²) in [5.74, 6) is 0.678. The van der Waals surface area contributed by atoms with E-state index in [1.165, 1.54) is 12.7 Å². The molecular formula is C22H36O5. The summed E-state index contributed by atoms with van der Waals surface area (Å²) >= 11 is 0. The zero-order valence-electron chi connectivity index (χ0n) is 17.5. The van der Waals surface area contributed by atoms with Gasteiger partial charge in [-0.25, -0.2) is 4.79 Å². The van der Waals surface area contributed by atoms with Gasteiger partial charge in [0.2, 0.25) is 0 Å². The topological polar surface area (TPSA) is 68.3 Å². The number of carbonyl (C=O) groups is 1. The fourth-order valence-corrected chi connectivity index (χ4v) is 5.49. The third kappa shape index (κ3) is 4.04. The number of carbonyl (C=O) groups excluding carboxylic acids is 1. The van der Waals surface area contributed by atoms with E-state index in [0.29, 0.717) is 12.5 Å². The van der Waals surface area contributed by atoms with Gasteiger partial charge in [0, 0.05) is 5.92 Å². The van der Waals surface area contributed by atoms with E-state index < -0.39 is 12.3 Å². The molecule has 2 fully saturated rings. The van der Waals surface area contributed by atoms with Crippen molar-refractivity contribution in [1.29, 1.82) is 0 Å². The maximum Gasteiger partial charge on any atom is 0.507 e. The van der Waals surface area contributed by atoms with Gasteiger partial charge in [0.15, 0.2) is 0 Å². The molecule has 5 nitrogen and oxygen atoms in total. The molecule has 2 bridgehead atoms. The van der Waals surface area contributed by atoms with Crippen LogP contribution in [0.15, 0.2) is 11.6 Å². The third-order valence-corrected chi connectivity index (χ3v) is 7.85. The number of fused-ring (bicyclic) bond motifs is 3. The first-order chi connectivity index (χ1) is 12.7. The first kappa shape index (κ1) is 20.7. The minimum atomic E-state index is -0.645. The SMILES string of the molecule is COC(=O)OC[C@H]1[C@H]2CC[C@@H](C)[C@]1(C)CC/C(C)=C/CC[C@]1(C)O[C@@H]1[C@@H]2O. The molecular weight excluding hydrogens is 344 g/mol. The third-order valence-electron chi connectivity index (χ3n) is 7.85. The minimum Gasteiger partial charge on any atom is -0.438 e. The number of methoxy groups -OCH3 is 1. The lowest BCUT2D eigenvalue weighted by atomic mass is 9.54. The van der Waals surface area contributed by atoms with Crippen molar-refractivity contribution in [3.63, 3.8) is 0 Å². The summed E-state index contributed by atoms with van der Waals surface area (Å²) in [5, 5.41) is 11.2. The highest BCUT2D eigenvalue weighted by atomic mass is 16.7. The molecule has 3 rings (SSSR count). The molecule has 7 atom stereocenters. The van der Waals surface area contributed by atoms with Gasteiger partial charge in [-0.3, -0.25) is 0 Å². The van der Waals surface area contributed by atoms with E-state index in [4.69, 9.17) is 14.2 Å². The summed E-state index contributed by atoms with van der Waals surface area (Å²) in [6, 6.07) is 0. The van der Waals surface area contributed by atoms with Crippen LogP contribution in [0.25, 0.3) is 0 Å². The lowest BCUT2D eigenvalue weighted by molar-refractivity contribution is -0.0894. The second-order valence-electron chi connectivity index (χ2n) is 9.45. The molecule has 1 aliphatic heterocycles. The van der Waals surface area contributed by atoms with Gasteiger partial charge >= 0.3 is 6.16 Å². The smallest absolute Gasteiger partial charge is 0.438 e. The standard InChI is InChI=1S/C22H36O5/c1-14-7-6-11-22(4)19(27-22)18(23)16-9-8-15(2)21(3,12-10-14)17(16)13-26-20(24)25-5/h7,15-19,23H,6,8-13H2,1-5H3/b14-7+/t15-,16-,17+,18-,19-,21+,22+/m1/s1. The van der Waals surface area contributed by atoms with Gasteiger partial charge in [-0.2, -0.15) is 0 Å². The van der Waals surface area contributed by atoms with E-state index in [1.807, 2.05) is 0 Å². The predicted octanol–water partition coefficient (Wildman–Crippen LogP) is 4.48. The fraction of sp³-hybridized carbons (Fsp3) is 0.864. The van der Waals surface area contributed by atoms with Gasteiger partial charge in [0.05, 0.1) is 25.4 Å². The summed E-state index contributed by atoms with van der Waals surface area (Å²) in [6.07, 6.45) is 7.09. The lowest BCUT2D eigenvalue weighted by Gasteiger charge is -2.51. The quantitative estimate of drug-likeness (QED) is 0.435. The van der Waals surface area contributed by atoms with Gasteiger partial charge in [-0.05, 0) is 69.6 Å². The summed E-state index contributed by atoms with van der Waals surface area (Å²) in [5.41, 5.74) is 1.18. The Balaban J connectivity index is 1.91. The van der Waals surface area contributed by atoms with Crippen LogP contribution < -0.4 is 0 Å². The maximum absolute atomic E-state index is 11.7. The molecule has 2 aliphatic carbocycles. The highest BCUT2D eigenvalue weighted by Crippen LogP contribution is 2.55. The van der Waals surface area contributed by atoms with Gasteiger partial charge in [0.1, 0.15) is 6.10 Å². The summed E-state index contributed by atoms with van der Waals surface area (Å²) < 4.78 is 16.1. The number of hydrogen-bond donors (Lipinski definition) is 1. The Morgan fingerprint density at radius 1 is 1.33 bits per heavy atom. The van der Waals surface area contributed by atoms with Crippen molar-refractivity contribution in [2.24, 2.45) is 23.2 Å². The zero-order valence-corrected chi connectivity index (χ0v) is 17.5. The highest BCUT2D eigenvalue weighted by Gasteiger charge is 2.60. The molecule has 0 radical (unpaired) electrons. The zero-order chi connectivity index (χ0) is 19.8. The monoisotopic (exact) mass is 380 g/mol. The molecule has 0 aromatic carbocycles. The van der Waals surface area contributed by atoms with Crippen molar-refractivity contribution in [2.45, 2.75) is 84.0 Å². The average molecular weight is 381 g/mol. The maximum atomic E-state index is 11.7. The van der Waals surface area contributed by atoms with Crippen LogP contribution in [0.5, 0.6) is 0 Å². The Labute approximate surface area is 163 Å². The van der Waals surface area contributed by atoms with Gasteiger partial charge < -0.3 is 19.3 Å². The van der Waals surface area contributed by atoms with Crippen molar-refractivity contribution < 1.29 is 24.1 Å². The Morgan fingerprint density at radius 3 is 2.78 bits per heavy atom. The Morgan fingerprint density at radius 2 is 2.07 bits per heavy atom. The number of ether oxygens (including phenoxy) is 3. The van der Waals surface area contributed by atoms with E-state index in [2.05, 4.69) is 33.8 Å². The van der Waals surface area contributed by atoms with Crippen LogP contribution in [0, 0.1) is 23.2 Å².